The largest absolute Gasteiger partial charge is 0.353 e. The summed E-state index contributed by atoms with van der Waals surface area (Å²) in [4.78, 5) is 19.9. The Morgan fingerprint density at radius 3 is 2.97 bits per heavy atom. The number of pyridine rings is 1. The quantitative estimate of drug-likeness (QED) is 0.728. The number of fused-ring (bicyclic) bond motifs is 3. The zero-order valence-corrected chi connectivity index (χ0v) is 18.2. The zero-order valence-electron chi connectivity index (χ0n) is 18.2. The van der Waals surface area contributed by atoms with Gasteiger partial charge in [-0.15, -0.1) is 0 Å². The first-order valence-electron chi connectivity index (χ1n) is 11.1. The molecule has 1 aliphatic carbocycles. The molecule has 2 aromatic rings. The predicted octanol–water partition coefficient (Wildman–Crippen LogP) is 1.97. The zero-order chi connectivity index (χ0) is 20.9. The van der Waals surface area contributed by atoms with Crippen LogP contribution in [0.25, 0.3) is 0 Å². The molecule has 7 heteroatoms. The van der Waals surface area contributed by atoms with Crippen LogP contribution >= 0.6 is 0 Å². The molecule has 2 aliphatic heterocycles. The molecule has 0 spiro atoms. The first kappa shape index (κ1) is 19.8. The van der Waals surface area contributed by atoms with Gasteiger partial charge in [0, 0.05) is 37.2 Å². The van der Waals surface area contributed by atoms with Gasteiger partial charge in [0.25, 0.3) is 5.91 Å². The van der Waals surface area contributed by atoms with Gasteiger partial charge in [0.2, 0.25) is 0 Å². The van der Waals surface area contributed by atoms with Crippen LogP contribution in [0, 0.1) is 5.41 Å². The Balaban J connectivity index is 1.40. The molecule has 3 aliphatic rings. The average Bonchev–Trinajstić information content (AvgIpc) is 3.20. The van der Waals surface area contributed by atoms with E-state index in [9.17, 15) is 4.79 Å². The van der Waals surface area contributed by atoms with E-state index in [0.29, 0.717) is 13.2 Å². The Kier molecular flexibility index (Phi) is 4.98. The lowest BCUT2D eigenvalue weighted by molar-refractivity contribution is -0.168. The lowest BCUT2D eigenvalue weighted by Gasteiger charge is -2.31. The number of hydrogen-bond acceptors (Lipinski definition) is 4. The molecule has 5 rings (SSSR count). The number of anilines is 1. The van der Waals surface area contributed by atoms with Crippen LogP contribution in [0.3, 0.4) is 0 Å². The Hall–Kier alpha value is -2.12. The summed E-state index contributed by atoms with van der Waals surface area (Å²) in [6, 6.07) is 4.10. The number of ether oxygens (including phenoxy) is 2. The van der Waals surface area contributed by atoms with Crippen LogP contribution < -0.4 is 10.4 Å². The molecule has 30 heavy (non-hydrogen) atoms. The van der Waals surface area contributed by atoms with Crippen molar-refractivity contribution >= 4 is 25.0 Å². The van der Waals surface area contributed by atoms with Gasteiger partial charge in [-0.25, -0.2) is 4.98 Å². The molecule has 0 saturated carbocycles. The number of carbonyl (C=O) groups excluding carboxylic acids is 1. The van der Waals surface area contributed by atoms with Crippen LogP contribution in [0.5, 0.6) is 0 Å². The fourth-order valence-corrected chi connectivity index (χ4v) is 5.12. The van der Waals surface area contributed by atoms with Gasteiger partial charge in [0.15, 0.2) is 6.29 Å². The Morgan fingerprint density at radius 1 is 1.30 bits per heavy atom. The van der Waals surface area contributed by atoms with Crippen LogP contribution in [0.15, 0.2) is 18.3 Å². The van der Waals surface area contributed by atoms with E-state index in [2.05, 4.69) is 37.3 Å². The first-order valence-corrected chi connectivity index (χ1v) is 11.1. The Bertz CT molecular complexity index is 978. The van der Waals surface area contributed by atoms with E-state index in [1.54, 1.807) is 6.20 Å². The third-order valence-electron chi connectivity index (χ3n) is 6.70. The molecule has 1 saturated heterocycles. The third kappa shape index (κ3) is 3.48. The van der Waals surface area contributed by atoms with Gasteiger partial charge in [-0.1, -0.05) is 19.3 Å². The number of rotatable bonds is 4. The molecule has 4 heterocycles. The molecule has 0 N–H and O–H groups in total. The highest BCUT2D eigenvalue weighted by atomic mass is 16.7. The van der Waals surface area contributed by atoms with Crippen LogP contribution in [-0.2, 0) is 35.5 Å². The molecule has 2 aromatic heterocycles. The smallest absolute Gasteiger partial charge is 0.276 e. The average molecular weight is 407 g/mol. The number of nitrogens with zero attached hydrogens (tertiary/aromatic N) is 3. The minimum Gasteiger partial charge on any atom is -0.353 e. The fraction of sp³-hybridized carbons (Fsp3) is 0.565. The fourth-order valence-electron chi connectivity index (χ4n) is 5.12. The lowest BCUT2D eigenvalue weighted by atomic mass is 9.90. The van der Waals surface area contributed by atoms with Crippen molar-refractivity contribution < 1.29 is 14.3 Å². The molecule has 1 atom stereocenters. The molecule has 1 unspecified atom stereocenters. The van der Waals surface area contributed by atoms with E-state index in [0.717, 1.165) is 67.8 Å². The summed E-state index contributed by atoms with van der Waals surface area (Å²) >= 11 is 0. The van der Waals surface area contributed by atoms with Gasteiger partial charge in [-0.3, -0.25) is 9.69 Å². The highest BCUT2D eigenvalue weighted by molar-refractivity contribution is 6.33. The Morgan fingerprint density at radius 2 is 2.17 bits per heavy atom. The van der Waals surface area contributed by atoms with Crippen molar-refractivity contribution in [2.75, 3.05) is 18.1 Å². The molecule has 1 amide bonds. The number of amides is 1. The molecule has 0 bridgehead atoms. The summed E-state index contributed by atoms with van der Waals surface area (Å²) in [5.41, 5.74) is 5.84. The third-order valence-corrected chi connectivity index (χ3v) is 6.70. The number of carbonyl (C=O) groups is 1. The van der Waals surface area contributed by atoms with Crippen molar-refractivity contribution in [2.24, 2.45) is 5.41 Å². The SMILES string of the molecule is Bc1ccnc(N2CCn3c(cc4c3CC(C)(C)C4)C2=O)c1COC1CCCCO1. The standard InChI is InChI=1S/C23H30BN3O3/c1-23(2)12-15-11-18-22(28)27(9-8-26(18)19(15)13-23)21-16(17(24)6-7-25-21)14-30-20-5-3-4-10-29-20/h6-7,11,20H,3-5,8-10,12-14,24H2,1-2H3. The topological polar surface area (TPSA) is 56.6 Å². The molecule has 6 nitrogen and oxygen atoms in total. The monoisotopic (exact) mass is 407 g/mol. The summed E-state index contributed by atoms with van der Waals surface area (Å²) in [7, 11) is 2.05. The highest BCUT2D eigenvalue weighted by Crippen LogP contribution is 2.39. The van der Waals surface area contributed by atoms with Gasteiger partial charge in [0.1, 0.15) is 19.4 Å². The molecule has 0 radical (unpaired) electrons. The van der Waals surface area contributed by atoms with Crippen LogP contribution in [0.4, 0.5) is 5.82 Å². The number of hydrogen-bond donors (Lipinski definition) is 0. The summed E-state index contributed by atoms with van der Waals surface area (Å²) in [5.74, 6) is 0.769. The second-order valence-corrected chi connectivity index (χ2v) is 9.66. The molecular formula is C23H30BN3O3. The van der Waals surface area contributed by atoms with Crippen molar-refractivity contribution in [3.63, 3.8) is 0 Å². The van der Waals surface area contributed by atoms with Crippen LogP contribution in [0.2, 0.25) is 0 Å². The van der Waals surface area contributed by atoms with Gasteiger partial charge in [-0.2, -0.15) is 0 Å². The normalized spacial score (nSPS) is 22.8. The van der Waals surface area contributed by atoms with Crippen molar-refractivity contribution in [3.8, 4) is 0 Å². The summed E-state index contributed by atoms with van der Waals surface area (Å²) in [5, 5.41) is 0. The number of aromatic nitrogens is 2. The second-order valence-electron chi connectivity index (χ2n) is 9.66. The van der Waals surface area contributed by atoms with Crippen molar-refractivity contribution in [1.82, 2.24) is 9.55 Å². The van der Waals surface area contributed by atoms with E-state index in [1.807, 2.05) is 11.0 Å². The lowest BCUT2D eigenvalue weighted by Crippen LogP contribution is -2.42. The maximum absolute atomic E-state index is 13.5. The molecule has 158 valence electrons. The Labute approximate surface area is 179 Å². The van der Waals surface area contributed by atoms with Gasteiger partial charge < -0.3 is 14.0 Å². The van der Waals surface area contributed by atoms with Gasteiger partial charge in [0.05, 0.1) is 6.61 Å². The van der Waals surface area contributed by atoms with E-state index >= 15 is 0 Å². The second kappa shape index (κ2) is 7.54. The highest BCUT2D eigenvalue weighted by Gasteiger charge is 2.37. The van der Waals surface area contributed by atoms with E-state index in [4.69, 9.17) is 9.47 Å². The van der Waals surface area contributed by atoms with E-state index in [1.165, 1.54) is 11.3 Å². The van der Waals surface area contributed by atoms with Crippen molar-refractivity contribution in [2.45, 2.75) is 65.4 Å². The summed E-state index contributed by atoms with van der Waals surface area (Å²) in [6.07, 6.45) is 6.86. The maximum atomic E-state index is 13.5. The molecular weight excluding hydrogens is 377 g/mol. The van der Waals surface area contributed by atoms with E-state index < -0.39 is 0 Å². The molecule has 1 fully saturated rings. The van der Waals surface area contributed by atoms with Crippen LogP contribution in [-0.4, -0.2) is 42.7 Å². The summed E-state index contributed by atoms with van der Waals surface area (Å²) < 4.78 is 14.0. The first-order chi connectivity index (χ1) is 14.4. The predicted molar refractivity (Wildman–Crippen MR) is 118 cm³/mol. The maximum Gasteiger partial charge on any atom is 0.276 e. The van der Waals surface area contributed by atoms with Gasteiger partial charge in [-0.05, 0) is 55.2 Å². The van der Waals surface area contributed by atoms with Crippen molar-refractivity contribution in [3.05, 3.63) is 40.8 Å². The summed E-state index contributed by atoms with van der Waals surface area (Å²) in [6.45, 7) is 7.22. The van der Waals surface area contributed by atoms with E-state index in [-0.39, 0.29) is 17.6 Å². The minimum absolute atomic E-state index is 0.0433. The van der Waals surface area contributed by atoms with Crippen molar-refractivity contribution in [1.29, 1.82) is 0 Å². The molecule has 0 aromatic carbocycles. The van der Waals surface area contributed by atoms with Gasteiger partial charge >= 0.3 is 0 Å². The minimum atomic E-state index is -0.160. The van der Waals surface area contributed by atoms with Crippen LogP contribution in [0.1, 0.15) is 60.4 Å².